The molecule has 2 heterocycles. The first-order valence-electron chi connectivity index (χ1n) is 4.70. The van der Waals surface area contributed by atoms with E-state index in [2.05, 4.69) is 10.1 Å². The Bertz CT molecular complexity index is 791. The second-order valence-corrected chi connectivity index (χ2v) is 3.41. The van der Waals surface area contributed by atoms with Crippen molar-refractivity contribution in [1.29, 1.82) is 5.26 Å². The van der Waals surface area contributed by atoms with Crippen molar-refractivity contribution in [2.24, 2.45) is 0 Å². The van der Waals surface area contributed by atoms with Gasteiger partial charge in [0.1, 0.15) is 11.6 Å². The number of hydrogen-bond donors (Lipinski definition) is 1. The second-order valence-electron chi connectivity index (χ2n) is 3.41. The van der Waals surface area contributed by atoms with E-state index in [-0.39, 0.29) is 5.56 Å². The molecule has 16 heavy (non-hydrogen) atoms. The molecule has 3 rings (SSSR count). The average molecular weight is 210 g/mol. The van der Waals surface area contributed by atoms with E-state index in [0.717, 1.165) is 0 Å². The Morgan fingerprint density at radius 2 is 2.19 bits per heavy atom. The Morgan fingerprint density at radius 1 is 1.38 bits per heavy atom. The molecule has 0 aliphatic rings. The molecule has 76 valence electrons. The van der Waals surface area contributed by atoms with E-state index in [9.17, 15) is 4.79 Å². The summed E-state index contributed by atoms with van der Waals surface area (Å²) in [5, 5.41) is 13.3. The molecule has 5 nitrogen and oxygen atoms in total. The third-order valence-corrected chi connectivity index (χ3v) is 2.49. The number of H-pyrrole nitrogens is 1. The van der Waals surface area contributed by atoms with Gasteiger partial charge in [0.15, 0.2) is 5.65 Å². The summed E-state index contributed by atoms with van der Waals surface area (Å²) < 4.78 is 1.21. The van der Waals surface area contributed by atoms with E-state index >= 15 is 0 Å². The number of aromatic amines is 1. The summed E-state index contributed by atoms with van der Waals surface area (Å²) in [4.78, 5) is 15.0. The first kappa shape index (κ1) is 8.68. The predicted molar refractivity (Wildman–Crippen MR) is 58.0 cm³/mol. The summed E-state index contributed by atoms with van der Waals surface area (Å²) in [5.74, 6) is 0. The largest absolute Gasteiger partial charge is 0.338 e. The maximum absolute atomic E-state index is 12.0. The average Bonchev–Trinajstić information content (AvgIpc) is 2.72. The van der Waals surface area contributed by atoms with Crippen LogP contribution in [-0.2, 0) is 0 Å². The summed E-state index contributed by atoms with van der Waals surface area (Å²) >= 11 is 0. The predicted octanol–water partition coefficient (Wildman–Crippen LogP) is 1.05. The van der Waals surface area contributed by atoms with Crippen LogP contribution in [0.2, 0.25) is 0 Å². The van der Waals surface area contributed by atoms with Crippen LogP contribution in [0.25, 0.3) is 16.6 Å². The van der Waals surface area contributed by atoms with E-state index in [1.54, 1.807) is 18.2 Å². The monoisotopic (exact) mass is 210 g/mol. The number of rotatable bonds is 0. The van der Waals surface area contributed by atoms with Crippen molar-refractivity contribution in [3.05, 3.63) is 46.4 Å². The van der Waals surface area contributed by atoms with Crippen molar-refractivity contribution in [3.63, 3.8) is 0 Å². The van der Waals surface area contributed by atoms with Crippen molar-refractivity contribution < 1.29 is 0 Å². The highest BCUT2D eigenvalue weighted by Crippen LogP contribution is 2.10. The lowest BCUT2D eigenvalue weighted by molar-refractivity contribution is 0.915. The number of fused-ring (bicyclic) bond motifs is 2. The number of aromatic nitrogens is 3. The Labute approximate surface area is 89.6 Å². The van der Waals surface area contributed by atoms with Gasteiger partial charge in [0, 0.05) is 0 Å². The summed E-state index contributed by atoms with van der Waals surface area (Å²) in [7, 11) is 0. The molecule has 0 aliphatic carbocycles. The Hall–Kier alpha value is -2.61. The minimum Gasteiger partial charge on any atom is -0.338 e. The number of para-hydroxylation sites is 1. The molecule has 0 saturated heterocycles. The second kappa shape index (κ2) is 2.94. The van der Waals surface area contributed by atoms with Crippen LogP contribution in [0.4, 0.5) is 0 Å². The van der Waals surface area contributed by atoms with Gasteiger partial charge in [-0.1, -0.05) is 12.1 Å². The van der Waals surface area contributed by atoms with Crippen molar-refractivity contribution in [3.8, 4) is 6.07 Å². The fourth-order valence-electron chi connectivity index (χ4n) is 1.72. The molecule has 0 atom stereocenters. The van der Waals surface area contributed by atoms with Gasteiger partial charge >= 0.3 is 0 Å². The fourth-order valence-corrected chi connectivity index (χ4v) is 1.72. The molecule has 0 radical (unpaired) electrons. The third kappa shape index (κ3) is 0.982. The van der Waals surface area contributed by atoms with Gasteiger partial charge in [-0.3, -0.25) is 4.79 Å². The molecule has 5 heteroatoms. The molecule has 1 N–H and O–H groups in total. The maximum Gasteiger partial charge on any atom is 0.282 e. The van der Waals surface area contributed by atoms with Crippen molar-refractivity contribution in [2.45, 2.75) is 0 Å². The lowest BCUT2D eigenvalue weighted by atomic mass is 10.2. The van der Waals surface area contributed by atoms with Crippen LogP contribution in [0.15, 0.2) is 35.3 Å². The topological polar surface area (TPSA) is 74.0 Å². The molecule has 0 saturated carbocycles. The molecule has 1 aromatic carbocycles. The quantitative estimate of drug-likeness (QED) is 0.602. The smallest absolute Gasteiger partial charge is 0.282 e. The van der Waals surface area contributed by atoms with E-state index in [1.807, 2.05) is 12.1 Å². The third-order valence-electron chi connectivity index (χ3n) is 2.49. The first-order chi connectivity index (χ1) is 7.81. The SMILES string of the molecule is N#Cc1cnn2c(=O)c3ccccc3[nH]c12. The summed E-state index contributed by atoms with van der Waals surface area (Å²) in [6, 6.07) is 9.13. The van der Waals surface area contributed by atoms with Crippen LogP contribution in [0.1, 0.15) is 5.56 Å². The highest BCUT2D eigenvalue weighted by atomic mass is 16.1. The van der Waals surface area contributed by atoms with E-state index < -0.39 is 0 Å². The van der Waals surface area contributed by atoms with Crippen LogP contribution >= 0.6 is 0 Å². The summed E-state index contributed by atoms with van der Waals surface area (Å²) in [5.41, 5.74) is 1.29. The van der Waals surface area contributed by atoms with E-state index in [0.29, 0.717) is 22.1 Å². The molecule has 0 fully saturated rings. The van der Waals surface area contributed by atoms with Crippen LogP contribution in [-0.4, -0.2) is 14.6 Å². The maximum atomic E-state index is 12.0. The minimum atomic E-state index is -0.217. The molecule has 0 aliphatic heterocycles. The van der Waals surface area contributed by atoms with E-state index in [1.165, 1.54) is 10.7 Å². The van der Waals surface area contributed by atoms with Crippen molar-refractivity contribution in [2.75, 3.05) is 0 Å². The van der Waals surface area contributed by atoms with Crippen molar-refractivity contribution in [1.82, 2.24) is 14.6 Å². The van der Waals surface area contributed by atoms with Crippen LogP contribution in [0.3, 0.4) is 0 Å². The summed E-state index contributed by atoms with van der Waals surface area (Å²) in [6.07, 6.45) is 1.38. The van der Waals surface area contributed by atoms with Crippen LogP contribution < -0.4 is 5.56 Å². The highest BCUT2D eigenvalue weighted by molar-refractivity contribution is 5.80. The number of benzene rings is 1. The molecule has 3 aromatic rings. The first-order valence-corrected chi connectivity index (χ1v) is 4.70. The Balaban J connectivity index is 2.64. The van der Waals surface area contributed by atoms with Crippen LogP contribution in [0, 0.1) is 11.3 Å². The van der Waals surface area contributed by atoms with Crippen LogP contribution in [0.5, 0.6) is 0 Å². The number of hydrogen-bond acceptors (Lipinski definition) is 3. The van der Waals surface area contributed by atoms with Gasteiger partial charge < -0.3 is 4.98 Å². The molecule has 2 aromatic heterocycles. The van der Waals surface area contributed by atoms with Gasteiger partial charge in [0.25, 0.3) is 5.56 Å². The zero-order valence-electron chi connectivity index (χ0n) is 8.14. The van der Waals surface area contributed by atoms with Gasteiger partial charge in [-0.05, 0) is 12.1 Å². The van der Waals surface area contributed by atoms with Gasteiger partial charge in [0.2, 0.25) is 0 Å². The summed E-state index contributed by atoms with van der Waals surface area (Å²) in [6.45, 7) is 0. The molecule has 0 spiro atoms. The zero-order valence-corrected chi connectivity index (χ0v) is 8.14. The number of nitrogens with one attached hydrogen (secondary N) is 1. The molecule has 0 unspecified atom stereocenters. The highest BCUT2D eigenvalue weighted by Gasteiger charge is 2.09. The fraction of sp³-hybridized carbons (Fsp3) is 0. The Morgan fingerprint density at radius 3 is 3.00 bits per heavy atom. The zero-order chi connectivity index (χ0) is 11.1. The lowest BCUT2D eigenvalue weighted by Crippen LogP contribution is -2.15. The van der Waals surface area contributed by atoms with E-state index in [4.69, 9.17) is 5.26 Å². The number of nitrogens with zero attached hydrogens (tertiary/aromatic N) is 3. The molecule has 0 amide bonds. The number of nitriles is 1. The van der Waals surface area contributed by atoms with Gasteiger partial charge in [-0.2, -0.15) is 14.9 Å². The lowest BCUT2D eigenvalue weighted by Gasteiger charge is -1.98. The standard InChI is InChI=1S/C11H6N4O/c12-5-7-6-13-15-10(7)14-9-4-2-1-3-8(9)11(15)16/h1-4,6,14H. The molecular weight excluding hydrogens is 204 g/mol. The molecule has 0 bridgehead atoms. The van der Waals surface area contributed by atoms with Gasteiger partial charge in [-0.15, -0.1) is 0 Å². The van der Waals surface area contributed by atoms with Crippen molar-refractivity contribution >= 4 is 16.6 Å². The van der Waals surface area contributed by atoms with Gasteiger partial charge in [0.05, 0.1) is 17.1 Å². The Kier molecular flexibility index (Phi) is 1.59. The molecular formula is C11H6N4O. The van der Waals surface area contributed by atoms with Gasteiger partial charge in [-0.25, -0.2) is 0 Å². The normalized spacial score (nSPS) is 10.7. The minimum absolute atomic E-state index is 0.217.